The van der Waals surface area contributed by atoms with Crippen LogP contribution in [-0.2, 0) is 12.2 Å². The van der Waals surface area contributed by atoms with Crippen molar-refractivity contribution in [3.8, 4) is 5.75 Å². The van der Waals surface area contributed by atoms with Crippen LogP contribution in [0.5, 0.6) is 5.75 Å². The van der Waals surface area contributed by atoms with Crippen LogP contribution in [0.3, 0.4) is 0 Å². The Labute approximate surface area is 145 Å². The van der Waals surface area contributed by atoms with Crippen LogP contribution in [0.2, 0.25) is 0 Å². The van der Waals surface area contributed by atoms with Crippen LogP contribution >= 0.6 is 0 Å². The number of piperidine rings is 1. The molecular formula is C19H20FNO4. The van der Waals surface area contributed by atoms with Crippen LogP contribution in [0, 0.1) is 5.82 Å². The van der Waals surface area contributed by atoms with Crippen LogP contribution in [-0.4, -0.2) is 34.3 Å². The Balaban J connectivity index is 1.68. The maximum atomic E-state index is 14.5. The molecular weight excluding hydrogens is 325 g/mol. The first kappa shape index (κ1) is 17.2. The van der Waals surface area contributed by atoms with Gasteiger partial charge in [0.15, 0.2) is 0 Å². The minimum atomic E-state index is -1.35. The van der Waals surface area contributed by atoms with E-state index in [1.54, 1.807) is 6.07 Å². The van der Waals surface area contributed by atoms with Crippen LogP contribution < -0.4 is 4.74 Å². The Bertz CT molecular complexity index is 742. The van der Waals surface area contributed by atoms with Gasteiger partial charge in [0.05, 0.1) is 5.60 Å². The maximum Gasteiger partial charge on any atom is 0.407 e. The van der Waals surface area contributed by atoms with Crippen LogP contribution in [0.25, 0.3) is 0 Å². The van der Waals surface area contributed by atoms with Crippen LogP contribution in [0.15, 0.2) is 48.5 Å². The second-order valence-corrected chi connectivity index (χ2v) is 6.22. The Hall–Kier alpha value is -2.60. The van der Waals surface area contributed by atoms with Gasteiger partial charge >= 0.3 is 6.09 Å². The van der Waals surface area contributed by atoms with Gasteiger partial charge in [-0.05, 0) is 30.5 Å². The molecule has 1 amide bonds. The maximum absolute atomic E-state index is 14.5. The molecule has 1 saturated heterocycles. The highest BCUT2D eigenvalue weighted by Crippen LogP contribution is 2.35. The summed E-state index contributed by atoms with van der Waals surface area (Å²) in [7, 11) is 0. The number of likely N-dealkylation sites (tertiary alicyclic amines) is 1. The third kappa shape index (κ3) is 3.91. The molecule has 2 aromatic carbocycles. The van der Waals surface area contributed by atoms with Gasteiger partial charge in [0.2, 0.25) is 0 Å². The highest BCUT2D eigenvalue weighted by Gasteiger charge is 2.37. The van der Waals surface area contributed by atoms with Crippen molar-refractivity contribution < 1.29 is 24.1 Å². The predicted molar refractivity (Wildman–Crippen MR) is 89.9 cm³/mol. The highest BCUT2D eigenvalue weighted by molar-refractivity contribution is 5.65. The molecule has 3 rings (SSSR count). The van der Waals surface area contributed by atoms with Crippen molar-refractivity contribution in [2.24, 2.45) is 0 Å². The molecule has 2 aromatic rings. The zero-order valence-electron chi connectivity index (χ0n) is 13.7. The van der Waals surface area contributed by atoms with Gasteiger partial charge in [-0.15, -0.1) is 0 Å². The molecule has 1 aliphatic rings. The number of carbonyl (C=O) groups is 1. The minimum Gasteiger partial charge on any atom is -0.489 e. The lowest BCUT2D eigenvalue weighted by Gasteiger charge is -2.37. The second kappa shape index (κ2) is 7.11. The van der Waals surface area contributed by atoms with E-state index in [0.717, 1.165) is 5.56 Å². The second-order valence-electron chi connectivity index (χ2n) is 6.22. The Morgan fingerprint density at radius 1 is 1.16 bits per heavy atom. The van der Waals surface area contributed by atoms with E-state index in [2.05, 4.69) is 0 Å². The molecule has 2 N–H and O–H groups in total. The highest BCUT2D eigenvalue weighted by atomic mass is 19.1. The summed E-state index contributed by atoms with van der Waals surface area (Å²) in [5.41, 5.74) is -0.190. The molecule has 1 fully saturated rings. The van der Waals surface area contributed by atoms with Crippen molar-refractivity contribution >= 4 is 6.09 Å². The fourth-order valence-electron chi connectivity index (χ4n) is 3.04. The number of hydrogen-bond acceptors (Lipinski definition) is 3. The zero-order chi connectivity index (χ0) is 17.9. The van der Waals surface area contributed by atoms with Gasteiger partial charge in [-0.25, -0.2) is 9.18 Å². The van der Waals surface area contributed by atoms with Gasteiger partial charge in [0, 0.05) is 24.7 Å². The standard InChI is InChI=1S/C19H20FNO4/c20-17-12-15(25-13-14-4-2-1-3-5-14)6-7-16(17)19(24)8-10-21(11-9-19)18(22)23/h1-7,12,24H,8-11,13H2,(H,22,23). The van der Waals surface area contributed by atoms with E-state index in [9.17, 15) is 14.3 Å². The number of benzene rings is 2. The average Bonchev–Trinajstić information content (AvgIpc) is 2.61. The number of ether oxygens (including phenoxy) is 1. The van der Waals surface area contributed by atoms with Gasteiger partial charge in [0.1, 0.15) is 18.2 Å². The Morgan fingerprint density at radius 3 is 2.44 bits per heavy atom. The van der Waals surface area contributed by atoms with Crippen LogP contribution in [0.1, 0.15) is 24.0 Å². The summed E-state index contributed by atoms with van der Waals surface area (Å²) in [4.78, 5) is 12.2. The molecule has 0 unspecified atom stereocenters. The summed E-state index contributed by atoms with van der Waals surface area (Å²) in [6.07, 6.45) is -0.687. The van der Waals surface area contributed by atoms with Crippen molar-refractivity contribution in [2.45, 2.75) is 25.0 Å². The molecule has 5 nitrogen and oxygen atoms in total. The van der Waals surface area contributed by atoms with E-state index >= 15 is 0 Å². The molecule has 25 heavy (non-hydrogen) atoms. The fraction of sp³-hybridized carbons (Fsp3) is 0.316. The first-order chi connectivity index (χ1) is 12.0. The zero-order valence-corrected chi connectivity index (χ0v) is 13.7. The molecule has 0 bridgehead atoms. The largest absolute Gasteiger partial charge is 0.489 e. The van der Waals surface area contributed by atoms with Crippen molar-refractivity contribution in [3.05, 3.63) is 65.5 Å². The van der Waals surface area contributed by atoms with E-state index in [0.29, 0.717) is 12.4 Å². The quantitative estimate of drug-likeness (QED) is 0.891. The number of carboxylic acid groups (broad SMARTS) is 1. The van der Waals surface area contributed by atoms with Gasteiger partial charge in [-0.3, -0.25) is 0 Å². The summed E-state index contributed by atoms with van der Waals surface area (Å²) < 4.78 is 20.1. The van der Waals surface area contributed by atoms with E-state index < -0.39 is 17.5 Å². The Morgan fingerprint density at radius 2 is 1.84 bits per heavy atom. The number of nitrogens with zero attached hydrogens (tertiary/aromatic N) is 1. The van der Waals surface area contributed by atoms with Gasteiger partial charge in [-0.1, -0.05) is 30.3 Å². The third-order valence-corrected chi connectivity index (χ3v) is 4.55. The lowest BCUT2D eigenvalue weighted by molar-refractivity contribution is -0.0239. The molecule has 6 heteroatoms. The van der Waals surface area contributed by atoms with E-state index in [4.69, 9.17) is 9.84 Å². The normalized spacial score (nSPS) is 16.5. The lowest BCUT2D eigenvalue weighted by atomic mass is 9.84. The molecule has 0 atom stereocenters. The Kier molecular flexibility index (Phi) is 4.90. The number of halogens is 1. The van der Waals surface area contributed by atoms with Crippen molar-refractivity contribution in [1.29, 1.82) is 0 Å². The SMILES string of the molecule is O=C(O)N1CCC(O)(c2ccc(OCc3ccccc3)cc2F)CC1. The number of amides is 1. The number of rotatable bonds is 4. The molecule has 0 spiro atoms. The molecule has 0 saturated carbocycles. The number of hydrogen-bond donors (Lipinski definition) is 2. The molecule has 0 radical (unpaired) electrons. The summed E-state index contributed by atoms with van der Waals surface area (Å²) in [6, 6.07) is 14.0. The van der Waals surface area contributed by atoms with Crippen molar-refractivity contribution in [2.75, 3.05) is 13.1 Å². The number of aliphatic hydroxyl groups is 1. The summed E-state index contributed by atoms with van der Waals surface area (Å²) in [5.74, 6) is -0.159. The fourth-order valence-corrected chi connectivity index (χ4v) is 3.04. The molecule has 132 valence electrons. The molecule has 0 aliphatic carbocycles. The molecule has 0 aromatic heterocycles. The predicted octanol–water partition coefficient (Wildman–Crippen LogP) is 3.37. The van der Waals surface area contributed by atoms with Gasteiger partial charge in [0.25, 0.3) is 0 Å². The van der Waals surface area contributed by atoms with Gasteiger partial charge in [-0.2, -0.15) is 0 Å². The van der Waals surface area contributed by atoms with Gasteiger partial charge < -0.3 is 19.8 Å². The monoisotopic (exact) mass is 345 g/mol. The van der Waals surface area contributed by atoms with Crippen LogP contribution in [0.4, 0.5) is 9.18 Å². The lowest BCUT2D eigenvalue weighted by Crippen LogP contribution is -2.45. The smallest absolute Gasteiger partial charge is 0.407 e. The minimum absolute atomic E-state index is 0.167. The molecule has 1 heterocycles. The molecule has 1 aliphatic heterocycles. The summed E-state index contributed by atoms with van der Waals surface area (Å²) in [6.45, 7) is 0.687. The topological polar surface area (TPSA) is 70.0 Å². The third-order valence-electron chi connectivity index (χ3n) is 4.55. The average molecular weight is 345 g/mol. The van der Waals surface area contributed by atoms with E-state index in [-0.39, 0.29) is 31.5 Å². The van der Waals surface area contributed by atoms with Crippen molar-refractivity contribution in [3.63, 3.8) is 0 Å². The van der Waals surface area contributed by atoms with Crippen molar-refractivity contribution in [1.82, 2.24) is 4.90 Å². The first-order valence-electron chi connectivity index (χ1n) is 8.15. The van der Waals surface area contributed by atoms with E-state index in [1.165, 1.54) is 17.0 Å². The summed E-state index contributed by atoms with van der Waals surface area (Å²) >= 11 is 0. The first-order valence-corrected chi connectivity index (χ1v) is 8.15. The summed E-state index contributed by atoms with van der Waals surface area (Å²) in [5, 5.41) is 19.7. The van der Waals surface area contributed by atoms with E-state index in [1.807, 2.05) is 30.3 Å².